The van der Waals surface area contributed by atoms with E-state index in [1.807, 2.05) is 23.9 Å². The van der Waals surface area contributed by atoms with Gasteiger partial charge in [0.25, 0.3) is 0 Å². The Kier molecular flexibility index (Phi) is 3.42. The summed E-state index contributed by atoms with van der Waals surface area (Å²) in [6.45, 7) is 0.995. The lowest BCUT2D eigenvalue weighted by Gasteiger charge is -2.06. The largest absolute Gasteiger partial charge is 0.370 e. The first-order valence-corrected chi connectivity index (χ1v) is 7.18. The molecule has 0 bridgehead atoms. The van der Waals surface area contributed by atoms with E-state index in [9.17, 15) is 0 Å². The molecule has 0 aliphatic carbocycles. The van der Waals surface area contributed by atoms with Crippen LogP contribution in [0.1, 0.15) is 18.4 Å². The fourth-order valence-corrected chi connectivity index (χ4v) is 2.95. The summed E-state index contributed by atoms with van der Waals surface area (Å²) >= 11 is 12.4. The van der Waals surface area contributed by atoms with Gasteiger partial charge in [0.15, 0.2) is 0 Å². The minimum atomic E-state index is 0.570. The van der Waals surface area contributed by atoms with Crippen LogP contribution in [0.3, 0.4) is 0 Å². The number of rotatable bonds is 1. The van der Waals surface area contributed by atoms with E-state index in [4.69, 9.17) is 23.2 Å². The molecule has 3 nitrogen and oxygen atoms in total. The summed E-state index contributed by atoms with van der Waals surface area (Å²) in [6, 6.07) is 5.68. The van der Waals surface area contributed by atoms with Crippen LogP contribution in [0.2, 0.25) is 10.0 Å². The maximum Gasteiger partial charge on any atom is 0.127 e. The molecule has 0 saturated heterocycles. The molecule has 1 aliphatic rings. The van der Waals surface area contributed by atoms with Gasteiger partial charge < -0.3 is 5.32 Å². The summed E-state index contributed by atoms with van der Waals surface area (Å²) in [7, 11) is 1.96. The molecule has 0 unspecified atom stereocenters. The van der Waals surface area contributed by atoms with Crippen molar-refractivity contribution in [2.24, 2.45) is 7.05 Å². The van der Waals surface area contributed by atoms with Gasteiger partial charge in [0.2, 0.25) is 0 Å². The minimum absolute atomic E-state index is 0.570. The quantitative estimate of drug-likeness (QED) is 0.857. The number of nitrogens with zero attached hydrogens (tertiary/aromatic N) is 2. The Morgan fingerprint density at radius 2 is 2.11 bits per heavy atom. The van der Waals surface area contributed by atoms with Crippen LogP contribution in [-0.2, 0) is 13.5 Å². The minimum Gasteiger partial charge on any atom is -0.370 e. The molecule has 3 rings (SSSR count). The van der Waals surface area contributed by atoms with Gasteiger partial charge in [-0.2, -0.15) is 5.10 Å². The first-order chi connectivity index (χ1) is 9.18. The summed E-state index contributed by atoms with van der Waals surface area (Å²) in [4.78, 5) is 0. The van der Waals surface area contributed by atoms with Gasteiger partial charge in [-0.15, -0.1) is 0 Å². The third-order valence-corrected chi connectivity index (χ3v) is 4.32. The van der Waals surface area contributed by atoms with Crippen molar-refractivity contribution in [1.29, 1.82) is 0 Å². The number of anilines is 1. The Morgan fingerprint density at radius 3 is 2.95 bits per heavy atom. The molecule has 0 radical (unpaired) electrons. The lowest BCUT2D eigenvalue weighted by molar-refractivity contribution is 0.757. The van der Waals surface area contributed by atoms with Gasteiger partial charge >= 0.3 is 0 Å². The number of aromatic nitrogens is 2. The first-order valence-electron chi connectivity index (χ1n) is 6.42. The molecular weight excluding hydrogens is 281 g/mol. The molecule has 1 aromatic carbocycles. The van der Waals surface area contributed by atoms with Crippen molar-refractivity contribution >= 4 is 29.0 Å². The highest BCUT2D eigenvalue weighted by atomic mass is 35.5. The van der Waals surface area contributed by atoms with Crippen LogP contribution in [0.15, 0.2) is 18.2 Å². The number of fused-ring (bicyclic) bond motifs is 1. The van der Waals surface area contributed by atoms with E-state index < -0.39 is 0 Å². The zero-order valence-corrected chi connectivity index (χ0v) is 12.2. The van der Waals surface area contributed by atoms with E-state index in [-0.39, 0.29) is 0 Å². The topological polar surface area (TPSA) is 29.9 Å². The van der Waals surface area contributed by atoms with Crippen molar-refractivity contribution in [2.75, 3.05) is 11.9 Å². The zero-order chi connectivity index (χ0) is 13.4. The number of hydrogen-bond donors (Lipinski definition) is 1. The molecule has 0 fully saturated rings. The van der Waals surface area contributed by atoms with E-state index >= 15 is 0 Å². The van der Waals surface area contributed by atoms with Gasteiger partial charge in [-0.1, -0.05) is 35.3 Å². The van der Waals surface area contributed by atoms with Crippen LogP contribution >= 0.6 is 23.2 Å². The lowest BCUT2D eigenvalue weighted by atomic mass is 10.0. The summed E-state index contributed by atoms with van der Waals surface area (Å²) in [5, 5.41) is 9.21. The molecule has 19 heavy (non-hydrogen) atoms. The van der Waals surface area contributed by atoms with Crippen LogP contribution in [0, 0.1) is 0 Å². The molecular formula is C14H15Cl2N3. The predicted octanol–water partition coefficient (Wildman–Crippen LogP) is 4.14. The SMILES string of the molecule is Cn1nc(-c2cccc(Cl)c2Cl)c2c1NCCCC2. The Hall–Kier alpha value is -1.19. The summed E-state index contributed by atoms with van der Waals surface area (Å²) in [5.74, 6) is 1.10. The maximum absolute atomic E-state index is 6.32. The van der Waals surface area contributed by atoms with Gasteiger partial charge in [-0.05, 0) is 25.3 Å². The van der Waals surface area contributed by atoms with E-state index in [1.54, 1.807) is 6.07 Å². The van der Waals surface area contributed by atoms with Crippen molar-refractivity contribution in [2.45, 2.75) is 19.3 Å². The number of nitrogens with one attached hydrogen (secondary N) is 1. The molecule has 0 atom stereocenters. The van der Waals surface area contributed by atoms with Crippen molar-refractivity contribution in [3.8, 4) is 11.3 Å². The molecule has 100 valence electrons. The summed E-state index contributed by atoms with van der Waals surface area (Å²) < 4.78 is 1.90. The summed E-state index contributed by atoms with van der Waals surface area (Å²) in [6.07, 6.45) is 3.36. The van der Waals surface area contributed by atoms with E-state index in [0.717, 1.165) is 36.5 Å². The van der Waals surface area contributed by atoms with Crippen molar-refractivity contribution in [1.82, 2.24) is 9.78 Å². The highest BCUT2D eigenvalue weighted by molar-refractivity contribution is 6.43. The second-order valence-electron chi connectivity index (χ2n) is 4.78. The van der Waals surface area contributed by atoms with Crippen molar-refractivity contribution in [3.05, 3.63) is 33.8 Å². The second kappa shape index (κ2) is 5.06. The fourth-order valence-electron chi connectivity index (χ4n) is 2.56. The van der Waals surface area contributed by atoms with Gasteiger partial charge in [-0.25, -0.2) is 0 Å². The highest BCUT2D eigenvalue weighted by Crippen LogP contribution is 2.37. The van der Waals surface area contributed by atoms with Crippen LogP contribution in [0.25, 0.3) is 11.3 Å². The monoisotopic (exact) mass is 295 g/mol. The Balaban J connectivity index is 2.18. The molecule has 1 aromatic heterocycles. The number of benzene rings is 1. The standard InChI is InChI=1S/C14H15Cl2N3/c1-19-14-10(5-2-3-8-17-14)13(18-19)9-6-4-7-11(15)12(9)16/h4,6-7,17H,2-3,5,8H2,1H3. The van der Waals surface area contributed by atoms with Crippen molar-refractivity contribution in [3.63, 3.8) is 0 Å². The third-order valence-electron chi connectivity index (χ3n) is 3.50. The fraction of sp³-hybridized carbons (Fsp3) is 0.357. The zero-order valence-electron chi connectivity index (χ0n) is 10.7. The normalized spacial score (nSPS) is 14.7. The van der Waals surface area contributed by atoms with Crippen LogP contribution in [-0.4, -0.2) is 16.3 Å². The van der Waals surface area contributed by atoms with E-state index in [1.165, 1.54) is 12.0 Å². The second-order valence-corrected chi connectivity index (χ2v) is 5.57. The van der Waals surface area contributed by atoms with Gasteiger partial charge in [0.1, 0.15) is 5.82 Å². The average Bonchev–Trinajstić information content (AvgIpc) is 2.60. The molecule has 0 amide bonds. The Bertz CT molecular complexity index is 619. The highest BCUT2D eigenvalue weighted by Gasteiger charge is 2.21. The van der Waals surface area contributed by atoms with Crippen LogP contribution < -0.4 is 5.32 Å². The summed E-state index contributed by atoms with van der Waals surface area (Å²) in [5.41, 5.74) is 3.10. The number of halogens is 2. The third kappa shape index (κ3) is 2.21. The molecule has 1 N–H and O–H groups in total. The number of aryl methyl sites for hydroxylation is 1. The van der Waals surface area contributed by atoms with Gasteiger partial charge in [-0.3, -0.25) is 4.68 Å². The average molecular weight is 296 g/mol. The molecule has 0 saturated carbocycles. The maximum atomic E-state index is 6.32. The molecule has 1 aliphatic heterocycles. The molecule has 0 spiro atoms. The molecule has 2 heterocycles. The number of hydrogen-bond acceptors (Lipinski definition) is 2. The smallest absolute Gasteiger partial charge is 0.127 e. The van der Waals surface area contributed by atoms with Crippen LogP contribution in [0.4, 0.5) is 5.82 Å². The lowest BCUT2D eigenvalue weighted by Crippen LogP contribution is -2.04. The van der Waals surface area contributed by atoms with E-state index in [0.29, 0.717) is 10.0 Å². The van der Waals surface area contributed by atoms with E-state index in [2.05, 4.69) is 10.4 Å². The Morgan fingerprint density at radius 1 is 1.26 bits per heavy atom. The van der Waals surface area contributed by atoms with Gasteiger partial charge in [0.05, 0.1) is 15.7 Å². The predicted molar refractivity (Wildman–Crippen MR) is 80.1 cm³/mol. The van der Waals surface area contributed by atoms with Gasteiger partial charge in [0, 0.05) is 24.7 Å². The van der Waals surface area contributed by atoms with Crippen LogP contribution in [0.5, 0.6) is 0 Å². The molecule has 5 heteroatoms. The Labute approximate surface area is 122 Å². The van der Waals surface area contributed by atoms with Crippen molar-refractivity contribution < 1.29 is 0 Å². The first kappa shape index (κ1) is 12.8. The molecule has 2 aromatic rings.